The lowest BCUT2D eigenvalue weighted by Gasteiger charge is -2.10. The van der Waals surface area contributed by atoms with E-state index in [-0.39, 0.29) is 5.91 Å². The van der Waals surface area contributed by atoms with Crippen molar-refractivity contribution in [3.63, 3.8) is 0 Å². The second kappa shape index (κ2) is 10.9. The third-order valence-corrected chi connectivity index (χ3v) is 4.81. The van der Waals surface area contributed by atoms with E-state index in [1.807, 2.05) is 48.5 Å². The first kappa shape index (κ1) is 21.2. The maximum atomic E-state index is 12.6. The fourth-order valence-electron chi connectivity index (χ4n) is 3.20. The van der Waals surface area contributed by atoms with E-state index >= 15 is 0 Å². The Labute approximate surface area is 177 Å². The van der Waals surface area contributed by atoms with Crippen LogP contribution in [0.2, 0.25) is 0 Å². The second-order valence-electron chi connectivity index (χ2n) is 6.82. The van der Waals surface area contributed by atoms with E-state index in [0.29, 0.717) is 36.0 Å². The number of anilines is 1. The van der Waals surface area contributed by atoms with Crippen LogP contribution in [0.5, 0.6) is 11.5 Å². The number of hydrogen-bond acceptors (Lipinski definition) is 4. The topological polar surface area (TPSA) is 73.7 Å². The zero-order valence-corrected chi connectivity index (χ0v) is 17.4. The number of methoxy groups -OCH3 is 2. The van der Waals surface area contributed by atoms with Gasteiger partial charge in [0.2, 0.25) is 0 Å². The van der Waals surface area contributed by atoms with Gasteiger partial charge in [0.1, 0.15) is 5.56 Å². The summed E-state index contributed by atoms with van der Waals surface area (Å²) in [5.41, 5.74) is 2.91. The lowest BCUT2D eigenvalue weighted by atomic mass is 10.1. The molecule has 156 valence electrons. The molecule has 0 aliphatic rings. The van der Waals surface area contributed by atoms with Crippen molar-refractivity contribution in [3.05, 3.63) is 83.6 Å². The molecule has 3 N–H and O–H groups in total. The van der Waals surface area contributed by atoms with Gasteiger partial charge in [0.05, 0.1) is 27.0 Å². The summed E-state index contributed by atoms with van der Waals surface area (Å²) in [5, 5.41) is 6.32. The lowest BCUT2D eigenvalue weighted by molar-refractivity contribution is -0.361. The molecule has 6 nitrogen and oxygen atoms in total. The molecular formula is C24H28N3O3+. The van der Waals surface area contributed by atoms with Crippen molar-refractivity contribution >= 4 is 11.7 Å². The van der Waals surface area contributed by atoms with E-state index in [1.165, 1.54) is 5.56 Å². The average Bonchev–Trinajstić information content (AvgIpc) is 2.80. The molecule has 30 heavy (non-hydrogen) atoms. The van der Waals surface area contributed by atoms with Crippen LogP contribution in [0.25, 0.3) is 0 Å². The number of ether oxygens (including phenoxy) is 2. The van der Waals surface area contributed by atoms with Crippen molar-refractivity contribution in [3.8, 4) is 11.5 Å². The zero-order chi connectivity index (χ0) is 21.2. The quantitative estimate of drug-likeness (QED) is 0.543. The van der Waals surface area contributed by atoms with E-state index in [0.717, 1.165) is 18.4 Å². The van der Waals surface area contributed by atoms with Crippen LogP contribution in [-0.2, 0) is 12.8 Å². The molecule has 0 fully saturated rings. The fourth-order valence-corrected chi connectivity index (χ4v) is 3.20. The molecule has 2 aromatic carbocycles. The molecule has 0 saturated heterocycles. The summed E-state index contributed by atoms with van der Waals surface area (Å²) >= 11 is 0. The zero-order valence-electron chi connectivity index (χ0n) is 17.4. The number of amides is 1. The minimum absolute atomic E-state index is 0.101. The molecule has 0 aliphatic carbocycles. The number of H-pyrrole nitrogens is 1. The summed E-state index contributed by atoms with van der Waals surface area (Å²) < 4.78 is 10.6. The van der Waals surface area contributed by atoms with Crippen LogP contribution in [-0.4, -0.2) is 33.2 Å². The monoisotopic (exact) mass is 406 g/mol. The van der Waals surface area contributed by atoms with Crippen molar-refractivity contribution in [2.75, 3.05) is 32.6 Å². The fraction of sp³-hybridized carbons (Fsp3) is 0.250. The maximum absolute atomic E-state index is 12.6. The SMILES string of the molecule is COc1ccc(CCNc2[nH+]cccc2C(=O)NCCc2ccccc2)cc1OC. The standard InChI is InChI=1S/C24H27N3O3/c1-29-21-11-10-19(17-22(21)30-2)13-15-26-23-20(9-6-14-25-23)24(28)27-16-12-18-7-4-3-5-8-18/h3-11,14,17H,12-13,15-16H2,1-2H3,(H,25,26)(H,27,28)/p+1. The summed E-state index contributed by atoms with van der Waals surface area (Å²) in [5.74, 6) is 2.02. The smallest absolute Gasteiger partial charge is 0.285 e. The Bertz CT molecular complexity index is 961. The van der Waals surface area contributed by atoms with Crippen LogP contribution in [0.1, 0.15) is 21.5 Å². The summed E-state index contributed by atoms with van der Waals surface area (Å²) in [6.07, 6.45) is 3.38. The molecule has 1 amide bonds. The van der Waals surface area contributed by atoms with E-state index in [9.17, 15) is 4.79 Å². The number of aromatic amines is 1. The minimum Gasteiger partial charge on any atom is -0.493 e. The number of aromatic nitrogens is 1. The van der Waals surface area contributed by atoms with Crippen molar-refractivity contribution in [1.82, 2.24) is 5.32 Å². The Morgan fingerprint density at radius 2 is 1.63 bits per heavy atom. The third kappa shape index (κ3) is 5.73. The molecule has 0 bridgehead atoms. The van der Waals surface area contributed by atoms with Gasteiger partial charge in [-0.3, -0.25) is 10.1 Å². The molecule has 6 heteroatoms. The molecule has 0 saturated carbocycles. The second-order valence-corrected chi connectivity index (χ2v) is 6.82. The Balaban J connectivity index is 1.55. The highest BCUT2D eigenvalue weighted by Gasteiger charge is 2.16. The van der Waals surface area contributed by atoms with E-state index in [4.69, 9.17) is 9.47 Å². The molecule has 0 spiro atoms. The van der Waals surface area contributed by atoms with E-state index in [2.05, 4.69) is 27.8 Å². The van der Waals surface area contributed by atoms with Crippen molar-refractivity contribution in [1.29, 1.82) is 0 Å². The molecule has 3 aromatic rings. The molecular weight excluding hydrogens is 378 g/mol. The number of hydrogen-bond donors (Lipinski definition) is 2. The van der Waals surface area contributed by atoms with E-state index in [1.54, 1.807) is 20.4 Å². The Morgan fingerprint density at radius 3 is 2.40 bits per heavy atom. The van der Waals surface area contributed by atoms with E-state index < -0.39 is 0 Å². The predicted molar refractivity (Wildman–Crippen MR) is 117 cm³/mol. The van der Waals surface area contributed by atoms with Gasteiger partial charge in [-0.15, -0.1) is 0 Å². The van der Waals surface area contributed by atoms with Gasteiger partial charge < -0.3 is 14.8 Å². The molecule has 0 aliphatic heterocycles. The number of carbonyl (C=O) groups excluding carboxylic acids is 1. The summed E-state index contributed by atoms with van der Waals surface area (Å²) in [4.78, 5) is 15.8. The molecule has 1 heterocycles. The summed E-state index contributed by atoms with van der Waals surface area (Å²) in [7, 11) is 3.25. The molecule has 0 atom stereocenters. The lowest BCUT2D eigenvalue weighted by Crippen LogP contribution is -2.29. The van der Waals surface area contributed by atoms with Crippen molar-refractivity contribution < 1.29 is 19.3 Å². The summed E-state index contributed by atoms with van der Waals surface area (Å²) in [6, 6.07) is 19.6. The van der Waals surface area contributed by atoms with Gasteiger partial charge in [-0.05, 0) is 41.8 Å². The van der Waals surface area contributed by atoms with Gasteiger partial charge in [-0.2, -0.15) is 0 Å². The number of carbonyl (C=O) groups is 1. The average molecular weight is 407 g/mol. The van der Waals surface area contributed by atoms with Crippen LogP contribution >= 0.6 is 0 Å². The third-order valence-electron chi connectivity index (χ3n) is 4.81. The first-order valence-corrected chi connectivity index (χ1v) is 9.99. The first-order chi connectivity index (χ1) is 14.7. The minimum atomic E-state index is -0.101. The molecule has 1 aromatic heterocycles. The highest BCUT2D eigenvalue weighted by atomic mass is 16.5. The molecule has 0 radical (unpaired) electrons. The maximum Gasteiger partial charge on any atom is 0.285 e. The van der Waals surface area contributed by atoms with Crippen LogP contribution in [0.4, 0.5) is 5.82 Å². The van der Waals surface area contributed by atoms with Gasteiger partial charge in [-0.1, -0.05) is 36.4 Å². The highest BCUT2D eigenvalue weighted by molar-refractivity contribution is 5.98. The van der Waals surface area contributed by atoms with Crippen LogP contribution in [0, 0.1) is 0 Å². The van der Waals surface area contributed by atoms with Crippen LogP contribution < -0.4 is 25.1 Å². The number of nitrogens with one attached hydrogen (secondary N) is 3. The van der Waals surface area contributed by atoms with Crippen molar-refractivity contribution in [2.24, 2.45) is 0 Å². The van der Waals surface area contributed by atoms with Gasteiger partial charge in [0, 0.05) is 13.0 Å². The van der Waals surface area contributed by atoms with Gasteiger partial charge in [0.15, 0.2) is 11.5 Å². The van der Waals surface area contributed by atoms with Crippen LogP contribution in [0.15, 0.2) is 66.9 Å². The van der Waals surface area contributed by atoms with Gasteiger partial charge >= 0.3 is 0 Å². The number of benzene rings is 2. The first-order valence-electron chi connectivity index (χ1n) is 9.99. The molecule has 0 unspecified atom stereocenters. The normalized spacial score (nSPS) is 10.3. The summed E-state index contributed by atoms with van der Waals surface area (Å²) in [6.45, 7) is 1.25. The number of pyridine rings is 1. The molecule has 3 rings (SSSR count). The van der Waals surface area contributed by atoms with Crippen LogP contribution in [0.3, 0.4) is 0 Å². The Morgan fingerprint density at radius 1 is 0.867 bits per heavy atom. The largest absolute Gasteiger partial charge is 0.493 e. The number of rotatable bonds is 10. The van der Waals surface area contributed by atoms with Gasteiger partial charge in [0.25, 0.3) is 11.7 Å². The Hall–Kier alpha value is -3.54. The predicted octanol–water partition coefficient (Wildman–Crippen LogP) is 3.15. The van der Waals surface area contributed by atoms with Crippen molar-refractivity contribution in [2.45, 2.75) is 12.8 Å². The Kier molecular flexibility index (Phi) is 7.66. The van der Waals surface area contributed by atoms with Gasteiger partial charge in [-0.25, -0.2) is 4.98 Å². The highest BCUT2D eigenvalue weighted by Crippen LogP contribution is 2.27.